The second-order valence-electron chi connectivity index (χ2n) is 5.55. The molecule has 0 saturated carbocycles. The van der Waals surface area contributed by atoms with Gasteiger partial charge in [0.2, 0.25) is 0 Å². The maximum Gasteiger partial charge on any atom is 0.254 e. The average molecular weight is 243 g/mol. The standard InChI is InChI=1S/C15H17NO2/c1-11-9-15(10-17)8-7-13(11)16(15)14(18)12-5-3-2-4-6-12/h2-6,10-11,13H,7-9H2,1H3/t11-,13+,15-/m1/s1. The Labute approximate surface area is 107 Å². The molecular weight excluding hydrogens is 226 g/mol. The van der Waals surface area contributed by atoms with Crippen molar-refractivity contribution in [1.82, 2.24) is 4.90 Å². The molecule has 0 radical (unpaired) electrons. The summed E-state index contributed by atoms with van der Waals surface area (Å²) in [5.41, 5.74) is 0.154. The van der Waals surface area contributed by atoms with Crippen LogP contribution in [0.15, 0.2) is 30.3 Å². The van der Waals surface area contributed by atoms with E-state index in [1.165, 1.54) is 0 Å². The van der Waals surface area contributed by atoms with Gasteiger partial charge in [-0.15, -0.1) is 0 Å². The molecule has 2 fully saturated rings. The molecule has 0 aromatic heterocycles. The van der Waals surface area contributed by atoms with Crippen molar-refractivity contribution in [2.45, 2.75) is 37.8 Å². The molecule has 0 unspecified atom stereocenters. The van der Waals surface area contributed by atoms with Crippen molar-refractivity contribution in [3.8, 4) is 0 Å². The number of fused-ring (bicyclic) bond motifs is 2. The summed E-state index contributed by atoms with van der Waals surface area (Å²) in [6, 6.07) is 9.51. The normalized spacial score (nSPS) is 33.7. The van der Waals surface area contributed by atoms with Crippen LogP contribution < -0.4 is 0 Å². The summed E-state index contributed by atoms with van der Waals surface area (Å²) in [5.74, 6) is 0.436. The minimum Gasteiger partial charge on any atom is -0.323 e. The smallest absolute Gasteiger partial charge is 0.254 e. The molecule has 1 aromatic rings. The molecule has 2 saturated heterocycles. The lowest BCUT2D eigenvalue weighted by atomic mass is 9.83. The van der Waals surface area contributed by atoms with Gasteiger partial charge in [0.15, 0.2) is 0 Å². The number of nitrogens with zero attached hydrogens (tertiary/aromatic N) is 1. The van der Waals surface area contributed by atoms with Crippen molar-refractivity contribution in [3.63, 3.8) is 0 Å². The molecule has 3 rings (SSSR count). The first-order valence-electron chi connectivity index (χ1n) is 6.53. The number of hydrogen-bond acceptors (Lipinski definition) is 2. The van der Waals surface area contributed by atoms with Gasteiger partial charge in [-0.25, -0.2) is 0 Å². The van der Waals surface area contributed by atoms with E-state index in [-0.39, 0.29) is 11.9 Å². The van der Waals surface area contributed by atoms with Crippen LogP contribution in [-0.2, 0) is 4.79 Å². The Morgan fingerprint density at radius 3 is 2.72 bits per heavy atom. The Bertz CT molecular complexity index is 485. The van der Waals surface area contributed by atoms with Crippen LogP contribution in [0.3, 0.4) is 0 Å². The van der Waals surface area contributed by atoms with E-state index in [1.807, 2.05) is 35.2 Å². The maximum atomic E-state index is 12.6. The van der Waals surface area contributed by atoms with Gasteiger partial charge in [0.25, 0.3) is 5.91 Å². The number of hydrogen-bond donors (Lipinski definition) is 0. The molecule has 1 aromatic carbocycles. The Kier molecular flexibility index (Phi) is 2.51. The molecular formula is C15H17NO2. The fraction of sp³-hybridized carbons (Fsp3) is 0.467. The van der Waals surface area contributed by atoms with Crippen LogP contribution in [0.1, 0.15) is 36.5 Å². The van der Waals surface area contributed by atoms with Crippen molar-refractivity contribution in [2.24, 2.45) is 5.92 Å². The monoisotopic (exact) mass is 243 g/mol. The minimum atomic E-state index is -0.531. The average Bonchev–Trinajstić information content (AvgIpc) is 2.91. The van der Waals surface area contributed by atoms with Gasteiger partial charge in [-0.2, -0.15) is 0 Å². The molecule has 2 aliphatic rings. The van der Waals surface area contributed by atoms with Crippen LogP contribution in [0.25, 0.3) is 0 Å². The van der Waals surface area contributed by atoms with E-state index >= 15 is 0 Å². The number of benzene rings is 1. The highest BCUT2D eigenvalue weighted by Gasteiger charge is 2.57. The SMILES string of the molecule is C[C@@H]1C[C@@]2(C=O)CC[C@@H]1N2C(=O)c1ccccc1. The van der Waals surface area contributed by atoms with Gasteiger partial charge in [-0.05, 0) is 37.3 Å². The molecule has 18 heavy (non-hydrogen) atoms. The van der Waals surface area contributed by atoms with E-state index in [9.17, 15) is 9.59 Å². The van der Waals surface area contributed by atoms with Gasteiger partial charge in [0, 0.05) is 11.6 Å². The molecule has 3 heteroatoms. The fourth-order valence-corrected chi connectivity index (χ4v) is 3.65. The molecule has 1 amide bonds. The summed E-state index contributed by atoms with van der Waals surface area (Å²) in [6.45, 7) is 2.14. The number of carbonyl (C=O) groups is 2. The third-order valence-corrected chi connectivity index (χ3v) is 4.48. The van der Waals surface area contributed by atoms with Gasteiger partial charge >= 0.3 is 0 Å². The number of amides is 1. The van der Waals surface area contributed by atoms with Crippen LogP contribution in [0, 0.1) is 5.92 Å². The van der Waals surface area contributed by atoms with Crippen molar-refractivity contribution in [2.75, 3.05) is 0 Å². The zero-order valence-corrected chi connectivity index (χ0v) is 10.5. The first kappa shape index (κ1) is 11.5. The lowest BCUT2D eigenvalue weighted by molar-refractivity contribution is -0.115. The Morgan fingerprint density at radius 2 is 2.11 bits per heavy atom. The highest BCUT2D eigenvalue weighted by Crippen LogP contribution is 2.48. The van der Waals surface area contributed by atoms with Gasteiger partial charge < -0.3 is 9.69 Å². The largest absolute Gasteiger partial charge is 0.323 e. The molecule has 3 nitrogen and oxygen atoms in total. The molecule has 0 N–H and O–H groups in total. The second kappa shape index (κ2) is 3.94. The van der Waals surface area contributed by atoms with E-state index in [0.29, 0.717) is 11.5 Å². The van der Waals surface area contributed by atoms with Crippen molar-refractivity contribution in [1.29, 1.82) is 0 Å². The summed E-state index contributed by atoms with van der Waals surface area (Å²) >= 11 is 0. The molecule has 0 aliphatic carbocycles. The first-order valence-corrected chi connectivity index (χ1v) is 6.53. The Morgan fingerprint density at radius 1 is 1.39 bits per heavy atom. The summed E-state index contributed by atoms with van der Waals surface area (Å²) in [7, 11) is 0. The summed E-state index contributed by atoms with van der Waals surface area (Å²) < 4.78 is 0. The summed E-state index contributed by atoms with van der Waals surface area (Å²) in [4.78, 5) is 25.9. The van der Waals surface area contributed by atoms with Crippen LogP contribution >= 0.6 is 0 Å². The molecule has 2 bridgehead atoms. The Balaban J connectivity index is 1.97. The molecule has 2 aliphatic heterocycles. The molecule has 0 spiro atoms. The van der Waals surface area contributed by atoms with E-state index < -0.39 is 5.54 Å². The molecule has 3 atom stereocenters. The number of rotatable bonds is 2. The van der Waals surface area contributed by atoms with E-state index in [1.54, 1.807) is 0 Å². The van der Waals surface area contributed by atoms with Crippen LogP contribution in [0.2, 0.25) is 0 Å². The van der Waals surface area contributed by atoms with Gasteiger partial charge in [-0.1, -0.05) is 25.1 Å². The van der Waals surface area contributed by atoms with Crippen molar-refractivity contribution in [3.05, 3.63) is 35.9 Å². The maximum absolute atomic E-state index is 12.6. The quantitative estimate of drug-likeness (QED) is 0.747. The predicted molar refractivity (Wildman–Crippen MR) is 68.2 cm³/mol. The summed E-state index contributed by atoms with van der Waals surface area (Å²) in [6.07, 6.45) is 3.60. The van der Waals surface area contributed by atoms with E-state index in [2.05, 4.69) is 6.92 Å². The van der Waals surface area contributed by atoms with Gasteiger partial charge in [0.05, 0.1) is 5.54 Å². The minimum absolute atomic E-state index is 0.00884. The van der Waals surface area contributed by atoms with E-state index in [0.717, 1.165) is 25.5 Å². The topological polar surface area (TPSA) is 37.4 Å². The van der Waals surface area contributed by atoms with Gasteiger partial charge in [0.1, 0.15) is 6.29 Å². The number of carbonyl (C=O) groups excluding carboxylic acids is 2. The fourth-order valence-electron chi connectivity index (χ4n) is 3.65. The highest BCUT2D eigenvalue weighted by atomic mass is 16.2. The van der Waals surface area contributed by atoms with Crippen LogP contribution in [0.5, 0.6) is 0 Å². The van der Waals surface area contributed by atoms with Crippen LogP contribution in [-0.4, -0.2) is 28.7 Å². The predicted octanol–water partition coefficient (Wildman–Crippen LogP) is 2.27. The van der Waals surface area contributed by atoms with E-state index in [4.69, 9.17) is 0 Å². The first-order chi connectivity index (χ1) is 8.68. The zero-order valence-electron chi connectivity index (χ0n) is 10.5. The van der Waals surface area contributed by atoms with Gasteiger partial charge in [-0.3, -0.25) is 4.79 Å². The lowest BCUT2D eigenvalue weighted by Crippen LogP contribution is -2.46. The number of aldehydes is 1. The zero-order chi connectivity index (χ0) is 12.8. The second-order valence-corrected chi connectivity index (χ2v) is 5.55. The van der Waals surface area contributed by atoms with Crippen molar-refractivity contribution < 1.29 is 9.59 Å². The summed E-state index contributed by atoms with van der Waals surface area (Å²) in [5, 5.41) is 0. The van der Waals surface area contributed by atoms with Crippen LogP contribution in [0.4, 0.5) is 0 Å². The lowest BCUT2D eigenvalue weighted by Gasteiger charge is -2.29. The third-order valence-electron chi connectivity index (χ3n) is 4.48. The van der Waals surface area contributed by atoms with Crippen molar-refractivity contribution >= 4 is 12.2 Å². The Hall–Kier alpha value is -1.64. The highest BCUT2D eigenvalue weighted by molar-refractivity contribution is 5.97. The molecule has 94 valence electrons. The third kappa shape index (κ3) is 1.43. The molecule has 2 heterocycles.